The average Bonchev–Trinajstić information content (AvgIpc) is 3.08. The smallest absolute Gasteiger partial charge is 0.278 e. The van der Waals surface area contributed by atoms with Gasteiger partial charge in [-0.1, -0.05) is 56.8 Å². The van der Waals surface area contributed by atoms with Crippen molar-refractivity contribution in [2.75, 3.05) is 5.75 Å². The fraction of sp³-hybridized carbons (Fsp3) is 0.409. The fourth-order valence-electron chi connectivity index (χ4n) is 3.12. The second-order valence-corrected chi connectivity index (χ2v) is 8.59. The normalized spacial score (nSPS) is 11.3. The number of thioether (sulfide) groups is 1. The van der Waals surface area contributed by atoms with E-state index >= 15 is 0 Å². The van der Waals surface area contributed by atoms with Crippen LogP contribution < -0.4 is 10.9 Å². The van der Waals surface area contributed by atoms with Crippen LogP contribution in [0.5, 0.6) is 0 Å². The number of nitrogens with zero attached hydrogens (tertiary/aromatic N) is 2. The van der Waals surface area contributed by atoms with Gasteiger partial charge in [-0.3, -0.25) is 14.2 Å². The highest BCUT2D eigenvalue weighted by molar-refractivity contribution is 7.99. The molecule has 0 aliphatic carbocycles. The van der Waals surface area contributed by atoms with Crippen molar-refractivity contribution in [3.63, 3.8) is 0 Å². The van der Waals surface area contributed by atoms with E-state index in [1.807, 2.05) is 25.1 Å². The molecule has 1 aromatic carbocycles. The van der Waals surface area contributed by atoms with Crippen molar-refractivity contribution in [2.45, 2.75) is 52.4 Å². The molecule has 0 aliphatic heterocycles. The molecule has 0 aliphatic rings. The highest BCUT2D eigenvalue weighted by Crippen LogP contribution is 2.19. The minimum Gasteiger partial charge on any atom is -0.353 e. The van der Waals surface area contributed by atoms with Crippen molar-refractivity contribution in [3.8, 4) is 0 Å². The predicted octanol–water partition coefficient (Wildman–Crippen LogP) is 3.66. The van der Waals surface area contributed by atoms with Gasteiger partial charge < -0.3 is 10.3 Å². The first kappa shape index (κ1) is 21.2. The number of aromatic amines is 1. The van der Waals surface area contributed by atoms with Crippen LogP contribution in [-0.2, 0) is 24.3 Å². The maximum absolute atomic E-state index is 12.9. The topological polar surface area (TPSA) is 79.8 Å². The van der Waals surface area contributed by atoms with Gasteiger partial charge in [0.2, 0.25) is 5.91 Å². The van der Waals surface area contributed by atoms with Gasteiger partial charge in [-0.2, -0.15) is 0 Å². The number of benzene rings is 1. The Morgan fingerprint density at radius 3 is 2.59 bits per heavy atom. The van der Waals surface area contributed by atoms with E-state index in [2.05, 4.69) is 48.2 Å². The Kier molecular flexibility index (Phi) is 6.79. The van der Waals surface area contributed by atoms with E-state index in [0.717, 1.165) is 17.7 Å². The lowest BCUT2D eigenvalue weighted by Gasteiger charge is -2.14. The maximum atomic E-state index is 12.9. The van der Waals surface area contributed by atoms with Crippen molar-refractivity contribution >= 4 is 28.7 Å². The quantitative estimate of drug-likeness (QED) is 0.437. The predicted molar refractivity (Wildman–Crippen MR) is 118 cm³/mol. The first-order valence-corrected chi connectivity index (χ1v) is 10.9. The molecule has 3 rings (SSSR count). The van der Waals surface area contributed by atoms with Gasteiger partial charge in [-0.15, -0.1) is 0 Å². The van der Waals surface area contributed by atoms with E-state index in [0.29, 0.717) is 35.2 Å². The minimum atomic E-state index is -0.0873. The molecule has 7 heteroatoms. The Balaban J connectivity index is 1.69. The summed E-state index contributed by atoms with van der Waals surface area (Å²) in [6.07, 6.45) is 0.999. The monoisotopic (exact) mass is 412 g/mol. The van der Waals surface area contributed by atoms with E-state index in [1.54, 1.807) is 4.57 Å². The van der Waals surface area contributed by atoms with Crippen molar-refractivity contribution in [3.05, 3.63) is 57.5 Å². The third-order valence-corrected chi connectivity index (χ3v) is 5.61. The van der Waals surface area contributed by atoms with Gasteiger partial charge in [0.15, 0.2) is 5.16 Å². The number of amides is 1. The van der Waals surface area contributed by atoms with E-state index in [9.17, 15) is 9.59 Å². The van der Waals surface area contributed by atoms with Gasteiger partial charge in [-0.05, 0) is 36.5 Å². The van der Waals surface area contributed by atoms with Crippen LogP contribution in [0.15, 0.2) is 40.3 Å². The molecule has 0 atom stereocenters. The second kappa shape index (κ2) is 9.31. The number of carbonyl (C=O) groups excluding carboxylic acids is 1. The van der Waals surface area contributed by atoms with Crippen LogP contribution in [-0.4, -0.2) is 26.2 Å². The summed E-state index contributed by atoms with van der Waals surface area (Å²) in [5, 5.41) is 3.52. The van der Waals surface area contributed by atoms with E-state index in [1.165, 1.54) is 17.3 Å². The van der Waals surface area contributed by atoms with E-state index in [-0.39, 0.29) is 17.2 Å². The number of hydrogen-bond acceptors (Lipinski definition) is 4. The van der Waals surface area contributed by atoms with Crippen molar-refractivity contribution < 1.29 is 4.79 Å². The number of aromatic nitrogens is 3. The molecule has 0 unspecified atom stereocenters. The van der Waals surface area contributed by atoms with Gasteiger partial charge >= 0.3 is 0 Å². The molecule has 6 nitrogen and oxygen atoms in total. The van der Waals surface area contributed by atoms with Gasteiger partial charge in [0, 0.05) is 18.8 Å². The van der Waals surface area contributed by atoms with E-state index in [4.69, 9.17) is 0 Å². The van der Waals surface area contributed by atoms with Gasteiger partial charge in [0.05, 0.1) is 11.3 Å². The molecule has 2 aromatic heterocycles. The van der Waals surface area contributed by atoms with Crippen LogP contribution in [0.25, 0.3) is 11.0 Å². The van der Waals surface area contributed by atoms with Gasteiger partial charge in [-0.25, -0.2) is 4.98 Å². The lowest BCUT2D eigenvalue weighted by Crippen LogP contribution is -2.27. The number of H-pyrrole nitrogens is 1. The molecular formula is C22H28N4O2S. The summed E-state index contributed by atoms with van der Waals surface area (Å²) in [6, 6.07) is 10.1. The first-order valence-electron chi connectivity index (χ1n) is 9.94. The van der Waals surface area contributed by atoms with Crippen LogP contribution in [0.4, 0.5) is 0 Å². The van der Waals surface area contributed by atoms with Crippen LogP contribution in [0.3, 0.4) is 0 Å². The zero-order chi connectivity index (χ0) is 21.0. The van der Waals surface area contributed by atoms with Crippen molar-refractivity contribution in [1.29, 1.82) is 0 Å². The first-order chi connectivity index (χ1) is 13.9. The molecule has 0 fully saturated rings. The molecule has 0 spiro atoms. The largest absolute Gasteiger partial charge is 0.353 e. The maximum Gasteiger partial charge on any atom is 0.278 e. The Hall–Kier alpha value is -2.54. The number of carbonyl (C=O) groups is 1. The van der Waals surface area contributed by atoms with Gasteiger partial charge in [0.25, 0.3) is 5.56 Å². The highest BCUT2D eigenvalue weighted by atomic mass is 32.2. The molecule has 0 radical (unpaired) electrons. The molecule has 0 saturated carbocycles. The third kappa shape index (κ3) is 5.29. The summed E-state index contributed by atoms with van der Waals surface area (Å²) in [6.45, 7) is 9.19. The van der Waals surface area contributed by atoms with Crippen molar-refractivity contribution in [1.82, 2.24) is 19.9 Å². The molecule has 29 heavy (non-hydrogen) atoms. The number of aryl methyl sites for hydroxylation is 2. The standard InChI is InChI=1S/C22H28N4O2S/c1-5-16-6-8-17(9-7-16)11-23-19(27)13-29-22-25-18-10-15(4)24-20(18)21(28)26(22)12-14(2)3/h6-10,14,24H,5,11-13H2,1-4H3,(H,23,27). The van der Waals surface area contributed by atoms with Crippen molar-refractivity contribution in [2.24, 2.45) is 5.92 Å². The summed E-state index contributed by atoms with van der Waals surface area (Å²) in [5.74, 6) is 0.430. The fourth-order valence-corrected chi connectivity index (χ4v) is 3.96. The zero-order valence-corrected chi connectivity index (χ0v) is 18.2. The van der Waals surface area contributed by atoms with Gasteiger partial charge in [0.1, 0.15) is 5.52 Å². The van der Waals surface area contributed by atoms with E-state index < -0.39 is 0 Å². The molecule has 2 N–H and O–H groups in total. The molecule has 3 aromatic rings. The van der Waals surface area contributed by atoms with Crippen LogP contribution >= 0.6 is 11.8 Å². The number of hydrogen-bond donors (Lipinski definition) is 2. The molecular weight excluding hydrogens is 384 g/mol. The lowest BCUT2D eigenvalue weighted by atomic mass is 10.1. The number of fused-ring (bicyclic) bond motifs is 1. The zero-order valence-electron chi connectivity index (χ0n) is 17.4. The second-order valence-electron chi connectivity index (χ2n) is 7.65. The Morgan fingerprint density at radius 1 is 1.24 bits per heavy atom. The molecule has 2 heterocycles. The number of nitrogens with one attached hydrogen (secondary N) is 2. The molecule has 0 bridgehead atoms. The Labute approximate surface area is 175 Å². The Bertz CT molecular complexity index is 1050. The third-order valence-electron chi connectivity index (χ3n) is 4.64. The summed E-state index contributed by atoms with van der Waals surface area (Å²) < 4.78 is 1.67. The van der Waals surface area contributed by atoms with Crippen LogP contribution in [0.2, 0.25) is 0 Å². The lowest BCUT2D eigenvalue weighted by molar-refractivity contribution is -0.118. The van der Waals surface area contributed by atoms with Crippen LogP contribution in [0.1, 0.15) is 37.6 Å². The summed E-state index contributed by atoms with van der Waals surface area (Å²) >= 11 is 1.30. The summed E-state index contributed by atoms with van der Waals surface area (Å²) in [4.78, 5) is 33.0. The summed E-state index contributed by atoms with van der Waals surface area (Å²) in [7, 11) is 0. The molecule has 1 amide bonds. The summed E-state index contributed by atoms with van der Waals surface area (Å²) in [5.41, 5.74) is 4.32. The SMILES string of the molecule is CCc1ccc(CNC(=O)CSc2nc3cc(C)[nH]c3c(=O)n2CC(C)C)cc1. The molecule has 154 valence electrons. The van der Waals surface area contributed by atoms with Crippen LogP contribution in [0, 0.1) is 12.8 Å². The minimum absolute atomic E-state index is 0.0785. The Morgan fingerprint density at radius 2 is 1.93 bits per heavy atom. The number of rotatable bonds is 8. The average molecular weight is 413 g/mol. The highest BCUT2D eigenvalue weighted by Gasteiger charge is 2.15. The molecule has 0 saturated heterocycles.